The van der Waals surface area contributed by atoms with E-state index < -0.39 is 0 Å². The monoisotopic (exact) mass is 752 g/mol. The first-order valence-corrected chi connectivity index (χ1v) is 20.2. The van der Waals surface area contributed by atoms with Gasteiger partial charge in [-0.15, -0.1) is 0 Å². The highest BCUT2D eigenvalue weighted by Gasteiger charge is 2.23. The molecule has 276 valence electrons. The molecule has 2 heterocycles. The zero-order valence-corrected chi connectivity index (χ0v) is 32.1. The van der Waals surface area contributed by atoms with Crippen LogP contribution >= 0.6 is 0 Å². The number of nitrogens with zero attached hydrogens (tertiary/aromatic N) is 2. The lowest BCUT2D eigenvalue weighted by Crippen LogP contribution is -2.10. The smallest absolute Gasteiger partial charge is 0.159 e. The lowest BCUT2D eigenvalue weighted by molar-refractivity contribution is 0.673. The lowest BCUT2D eigenvalue weighted by atomic mass is 9.92. The second kappa shape index (κ2) is 13.4. The molecule has 0 saturated carbocycles. The lowest BCUT2D eigenvalue weighted by Gasteiger charge is -2.27. The minimum absolute atomic E-state index is 0.852. The van der Waals surface area contributed by atoms with Crippen molar-refractivity contribution in [3.8, 4) is 27.9 Å². The van der Waals surface area contributed by atoms with Crippen molar-refractivity contribution in [2.45, 2.75) is 0 Å². The highest BCUT2D eigenvalue weighted by molar-refractivity contribution is 6.18. The molecule has 3 heteroatoms. The minimum Gasteiger partial charge on any atom is -0.453 e. The average Bonchev–Trinajstić information content (AvgIpc) is 3.86. The van der Waals surface area contributed by atoms with Crippen LogP contribution < -0.4 is 4.90 Å². The normalized spacial score (nSPS) is 11.7. The third-order valence-electron chi connectivity index (χ3n) is 11.9. The van der Waals surface area contributed by atoms with Crippen LogP contribution in [0.2, 0.25) is 0 Å². The van der Waals surface area contributed by atoms with E-state index in [1.807, 2.05) is 0 Å². The fraction of sp³-hybridized carbons (Fsp3) is 0. The molecule has 10 aromatic carbocycles. The van der Waals surface area contributed by atoms with E-state index in [0.29, 0.717) is 0 Å². The summed E-state index contributed by atoms with van der Waals surface area (Å²) in [7, 11) is 0. The van der Waals surface area contributed by atoms with Gasteiger partial charge in [-0.1, -0.05) is 152 Å². The molecule has 0 atom stereocenters. The molecule has 12 aromatic rings. The molecule has 0 aliphatic carbocycles. The molecule has 0 saturated heterocycles. The number of rotatable bonds is 6. The van der Waals surface area contributed by atoms with Gasteiger partial charge in [0.2, 0.25) is 0 Å². The van der Waals surface area contributed by atoms with Crippen molar-refractivity contribution < 1.29 is 4.42 Å². The molecule has 0 N–H and O–H groups in total. The zero-order chi connectivity index (χ0) is 38.9. The first kappa shape index (κ1) is 33.3. The molecule has 59 heavy (non-hydrogen) atoms. The number of benzene rings is 10. The van der Waals surface area contributed by atoms with Gasteiger partial charge in [0.15, 0.2) is 5.58 Å². The van der Waals surface area contributed by atoms with E-state index in [0.717, 1.165) is 72.1 Å². The summed E-state index contributed by atoms with van der Waals surface area (Å²) < 4.78 is 9.41. The van der Waals surface area contributed by atoms with Crippen molar-refractivity contribution in [1.82, 2.24) is 4.57 Å². The SMILES string of the molecule is c1ccc(-c2cc(N(c3ccc4c(c3)c3ccccc3n4-c3ccccc3)c3cccc4c3oc3c5ccccc5ccc43)ccc2-c2ccc3ccccc3c2)cc1. The van der Waals surface area contributed by atoms with Crippen molar-refractivity contribution >= 4 is 82.4 Å². The van der Waals surface area contributed by atoms with E-state index in [4.69, 9.17) is 4.42 Å². The van der Waals surface area contributed by atoms with Crippen LogP contribution in [-0.2, 0) is 0 Å². The van der Waals surface area contributed by atoms with Gasteiger partial charge >= 0.3 is 0 Å². The average molecular weight is 753 g/mol. The van der Waals surface area contributed by atoms with Crippen LogP contribution in [0.5, 0.6) is 0 Å². The third-order valence-corrected chi connectivity index (χ3v) is 11.9. The van der Waals surface area contributed by atoms with Crippen LogP contribution in [0.15, 0.2) is 223 Å². The summed E-state index contributed by atoms with van der Waals surface area (Å²) in [4.78, 5) is 2.39. The molecule has 0 unspecified atom stereocenters. The summed E-state index contributed by atoms with van der Waals surface area (Å²) >= 11 is 0. The maximum absolute atomic E-state index is 7.04. The van der Waals surface area contributed by atoms with Crippen LogP contribution in [-0.4, -0.2) is 4.57 Å². The van der Waals surface area contributed by atoms with Gasteiger partial charge in [0.1, 0.15) is 5.58 Å². The third kappa shape index (κ3) is 5.36. The molecule has 0 spiro atoms. The molecule has 0 fully saturated rings. The van der Waals surface area contributed by atoms with E-state index >= 15 is 0 Å². The van der Waals surface area contributed by atoms with Gasteiger partial charge in [-0.2, -0.15) is 0 Å². The molecule has 0 amide bonds. The quantitative estimate of drug-likeness (QED) is 0.169. The molecule has 0 bridgehead atoms. The molecule has 0 aliphatic rings. The summed E-state index contributed by atoms with van der Waals surface area (Å²) in [5, 5.41) is 9.32. The summed E-state index contributed by atoms with van der Waals surface area (Å²) in [5.74, 6) is 0. The Kier molecular flexibility index (Phi) is 7.54. The van der Waals surface area contributed by atoms with Gasteiger partial charge in [0, 0.05) is 44.0 Å². The number of hydrogen-bond donors (Lipinski definition) is 0. The highest BCUT2D eigenvalue weighted by atomic mass is 16.3. The van der Waals surface area contributed by atoms with E-state index in [-0.39, 0.29) is 0 Å². The Labute approximate surface area is 341 Å². The molecular formula is C56H36N2O. The Hall–Kier alpha value is -7.88. The summed E-state index contributed by atoms with van der Waals surface area (Å²) in [5.41, 5.74) is 13.0. The molecule has 0 radical (unpaired) electrons. The largest absolute Gasteiger partial charge is 0.453 e. The van der Waals surface area contributed by atoms with Crippen LogP contribution in [0.4, 0.5) is 17.1 Å². The van der Waals surface area contributed by atoms with Gasteiger partial charge in [-0.25, -0.2) is 0 Å². The molecular weight excluding hydrogens is 717 g/mol. The van der Waals surface area contributed by atoms with Crippen molar-refractivity contribution in [2.75, 3.05) is 4.90 Å². The number of furan rings is 1. The van der Waals surface area contributed by atoms with Crippen LogP contribution in [0.3, 0.4) is 0 Å². The van der Waals surface area contributed by atoms with E-state index in [1.54, 1.807) is 0 Å². The number of para-hydroxylation sites is 3. The van der Waals surface area contributed by atoms with E-state index in [9.17, 15) is 0 Å². The fourth-order valence-corrected chi connectivity index (χ4v) is 9.21. The molecule has 0 aliphatic heterocycles. The van der Waals surface area contributed by atoms with Gasteiger partial charge in [-0.3, -0.25) is 0 Å². The maximum atomic E-state index is 7.04. The van der Waals surface area contributed by atoms with E-state index in [2.05, 4.69) is 228 Å². The Morgan fingerprint density at radius 3 is 1.85 bits per heavy atom. The Balaban J connectivity index is 1.14. The first-order valence-electron chi connectivity index (χ1n) is 20.2. The summed E-state index contributed by atoms with van der Waals surface area (Å²) in [6.45, 7) is 0. The number of aromatic nitrogens is 1. The Bertz CT molecular complexity index is 3560. The molecule has 3 nitrogen and oxygen atoms in total. The predicted molar refractivity (Wildman–Crippen MR) is 249 cm³/mol. The van der Waals surface area contributed by atoms with Crippen LogP contribution in [0, 0.1) is 0 Å². The van der Waals surface area contributed by atoms with Crippen molar-refractivity contribution in [1.29, 1.82) is 0 Å². The summed E-state index contributed by atoms with van der Waals surface area (Å²) in [6.07, 6.45) is 0. The topological polar surface area (TPSA) is 21.3 Å². The molecule has 2 aromatic heterocycles. The number of fused-ring (bicyclic) bond motifs is 9. The second-order valence-corrected chi connectivity index (χ2v) is 15.3. The Morgan fingerprint density at radius 2 is 0.983 bits per heavy atom. The molecule has 12 rings (SSSR count). The van der Waals surface area contributed by atoms with Crippen molar-refractivity contribution in [2.24, 2.45) is 0 Å². The van der Waals surface area contributed by atoms with Crippen LogP contribution in [0.1, 0.15) is 0 Å². The fourth-order valence-electron chi connectivity index (χ4n) is 9.21. The second-order valence-electron chi connectivity index (χ2n) is 15.3. The van der Waals surface area contributed by atoms with Gasteiger partial charge in [0.05, 0.1) is 16.7 Å². The standard InChI is InChI=1S/C56H36N2O/c1-3-15-38(16-4-1)50-35-43(29-32-45(50)41-27-26-37-14-7-8-18-40(37)34-41)57(54-25-13-23-48-49-31-28-39-17-9-10-21-46(39)55(49)59-56(48)54)44-30-33-53-51(36-44)47-22-11-12-24-52(47)58(53)42-19-5-2-6-20-42/h1-36H. The van der Waals surface area contributed by atoms with Crippen molar-refractivity contribution in [3.63, 3.8) is 0 Å². The van der Waals surface area contributed by atoms with Gasteiger partial charge in [0.25, 0.3) is 0 Å². The Morgan fingerprint density at radius 1 is 0.339 bits per heavy atom. The van der Waals surface area contributed by atoms with E-state index in [1.165, 1.54) is 38.2 Å². The maximum Gasteiger partial charge on any atom is 0.159 e. The summed E-state index contributed by atoms with van der Waals surface area (Å²) in [6, 6.07) is 78.7. The predicted octanol–water partition coefficient (Wildman–Crippen LogP) is 15.8. The van der Waals surface area contributed by atoms with Gasteiger partial charge in [-0.05, 0) is 105 Å². The number of hydrogen-bond acceptors (Lipinski definition) is 2. The highest BCUT2D eigenvalue weighted by Crippen LogP contribution is 2.47. The zero-order valence-electron chi connectivity index (χ0n) is 32.1. The first-order chi connectivity index (χ1) is 29.3. The van der Waals surface area contributed by atoms with Gasteiger partial charge < -0.3 is 13.9 Å². The van der Waals surface area contributed by atoms with Crippen molar-refractivity contribution in [3.05, 3.63) is 218 Å². The van der Waals surface area contributed by atoms with Crippen LogP contribution in [0.25, 0.3) is 93.2 Å². The minimum atomic E-state index is 0.852. The number of anilines is 3.